The zero-order valence-corrected chi connectivity index (χ0v) is 12.5. The molecule has 3 N–H and O–H groups in total. The van der Waals surface area contributed by atoms with E-state index in [9.17, 15) is 19.7 Å². The van der Waals surface area contributed by atoms with Gasteiger partial charge in [-0.25, -0.2) is 0 Å². The number of hydrogen-bond acceptors (Lipinski definition) is 5. The van der Waals surface area contributed by atoms with Gasteiger partial charge in [0.2, 0.25) is 5.91 Å². The standard InChI is InChI=1S/C11H12IN3O5/c12-9-2-1-7(15(18)19)5-8(9)11(17)14-3-4-20-6-10(13)16/h1-2,5H,3-4,6H2,(H2,13,16)(H,14,17). The summed E-state index contributed by atoms with van der Waals surface area (Å²) in [6.45, 7) is 0.0787. The van der Waals surface area contributed by atoms with E-state index >= 15 is 0 Å². The van der Waals surface area contributed by atoms with Crippen LogP contribution in [-0.2, 0) is 9.53 Å². The van der Waals surface area contributed by atoms with Crippen molar-refractivity contribution in [1.29, 1.82) is 0 Å². The van der Waals surface area contributed by atoms with Gasteiger partial charge in [0.1, 0.15) is 6.61 Å². The minimum absolute atomic E-state index is 0.125. The van der Waals surface area contributed by atoms with E-state index in [0.717, 1.165) is 0 Å². The van der Waals surface area contributed by atoms with Crippen molar-refractivity contribution in [3.05, 3.63) is 37.4 Å². The van der Waals surface area contributed by atoms with Crippen molar-refractivity contribution in [3.8, 4) is 0 Å². The summed E-state index contributed by atoms with van der Waals surface area (Å²) in [6.07, 6.45) is 0. The third-order valence-corrected chi connectivity index (χ3v) is 3.12. The van der Waals surface area contributed by atoms with Crippen LogP contribution in [0.5, 0.6) is 0 Å². The number of non-ortho nitro benzene ring substituents is 1. The van der Waals surface area contributed by atoms with E-state index in [1.807, 2.05) is 22.6 Å². The molecule has 20 heavy (non-hydrogen) atoms. The van der Waals surface area contributed by atoms with Crippen molar-refractivity contribution in [2.45, 2.75) is 0 Å². The molecule has 0 bridgehead atoms. The highest BCUT2D eigenvalue weighted by Crippen LogP contribution is 2.19. The number of nitro benzene ring substituents is 1. The lowest BCUT2D eigenvalue weighted by atomic mass is 10.2. The Balaban J connectivity index is 2.57. The van der Waals surface area contributed by atoms with Crippen molar-refractivity contribution >= 4 is 40.1 Å². The summed E-state index contributed by atoms with van der Waals surface area (Å²) in [5, 5.41) is 13.2. The molecular formula is C11H12IN3O5. The quantitative estimate of drug-likeness (QED) is 0.301. The van der Waals surface area contributed by atoms with Crippen LogP contribution in [0.2, 0.25) is 0 Å². The van der Waals surface area contributed by atoms with Crippen LogP contribution in [0.3, 0.4) is 0 Å². The summed E-state index contributed by atoms with van der Waals surface area (Å²) in [5.41, 5.74) is 4.94. The Morgan fingerprint density at radius 3 is 2.75 bits per heavy atom. The Labute approximate surface area is 127 Å². The molecule has 1 aromatic rings. The summed E-state index contributed by atoms with van der Waals surface area (Å²) in [6, 6.07) is 4.03. The molecule has 0 atom stereocenters. The van der Waals surface area contributed by atoms with Crippen LogP contribution >= 0.6 is 22.6 Å². The van der Waals surface area contributed by atoms with Gasteiger partial charge >= 0.3 is 0 Å². The van der Waals surface area contributed by atoms with E-state index in [2.05, 4.69) is 5.32 Å². The number of nitro groups is 1. The van der Waals surface area contributed by atoms with Crippen molar-refractivity contribution in [1.82, 2.24) is 5.32 Å². The lowest BCUT2D eigenvalue weighted by molar-refractivity contribution is -0.384. The van der Waals surface area contributed by atoms with Gasteiger partial charge < -0.3 is 15.8 Å². The van der Waals surface area contributed by atoms with Crippen molar-refractivity contribution in [3.63, 3.8) is 0 Å². The van der Waals surface area contributed by atoms with E-state index in [1.54, 1.807) is 0 Å². The summed E-state index contributed by atoms with van der Waals surface area (Å²) in [7, 11) is 0. The van der Waals surface area contributed by atoms with Crippen LogP contribution in [0, 0.1) is 13.7 Å². The van der Waals surface area contributed by atoms with E-state index in [-0.39, 0.29) is 31.0 Å². The molecule has 1 rings (SSSR count). The first-order valence-electron chi connectivity index (χ1n) is 5.50. The first-order valence-corrected chi connectivity index (χ1v) is 6.58. The molecule has 0 aliphatic carbocycles. The van der Waals surface area contributed by atoms with Gasteiger partial charge in [-0.15, -0.1) is 0 Å². The molecule has 0 aliphatic heterocycles. The molecule has 9 heteroatoms. The fourth-order valence-corrected chi connectivity index (χ4v) is 1.89. The molecule has 0 heterocycles. The first-order chi connectivity index (χ1) is 9.41. The maximum absolute atomic E-state index is 11.9. The molecule has 1 aromatic carbocycles. The SMILES string of the molecule is NC(=O)COCCNC(=O)c1cc([N+](=O)[O-])ccc1I. The third-order valence-electron chi connectivity index (χ3n) is 2.18. The second-order valence-corrected chi connectivity index (χ2v) is 4.86. The Morgan fingerprint density at radius 2 is 2.15 bits per heavy atom. The normalized spacial score (nSPS) is 10.1. The number of carbonyl (C=O) groups excluding carboxylic acids is 2. The maximum atomic E-state index is 11.9. The molecule has 0 saturated heterocycles. The smallest absolute Gasteiger partial charge is 0.270 e. The highest BCUT2D eigenvalue weighted by Gasteiger charge is 2.15. The molecule has 108 valence electrons. The second kappa shape index (κ2) is 7.75. The zero-order valence-electron chi connectivity index (χ0n) is 10.3. The molecular weight excluding hydrogens is 381 g/mol. The Morgan fingerprint density at radius 1 is 1.45 bits per heavy atom. The van der Waals surface area contributed by atoms with Gasteiger partial charge in [-0.2, -0.15) is 0 Å². The molecule has 0 aromatic heterocycles. The average molecular weight is 393 g/mol. The number of hydrogen-bond donors (Lipinski definition) is 2. The number of nitrogens with one attached hydrogen (secondary N) is 1. The van der Waals surface area contributed by atoms with Crippen molar-refractivity contribution in [2.24, 2.45) is 5.73 Å². The van der Waals surface area contributed by atoms with Gasteiger partial charge in [0, 0.05) is 22.2 Å². The number of benzene rings is 1. The van der Waals surface area contributed by atoms with Crippen molar-refractivity contribution < 1.29 is 19.2 Å². The van der Waals surface area contributed by atoms with E-state index in [4.69, 9.17) is 10.5 Å². The minimum Gasteiger partial charge on any atom is -0.370 e. The number of ether oxygens (including phenoxy) is 1. The number of amides is 2. The minimum atomic E-state index is -0.593. The average Bonchev–Trinajstić information content (AvgIpc) is 2.37. The van der Waals surface area contributed by atoms with Crippen molar-refractivity contribution in [2.75, 3.05) is 19.8 Å². The number of nitrogens with zero attached hydrogens (tertiary/aromatic N) is 1. The number of rotatable bonds is 7. The van der Waals surface area contributed by atoms with Gasteiger partial charge in [-0.1, -0.05) is 0 Å². The van der Waals surface area contributed by atoms with Gasteiger partial charge in [-0.3, -0.25) is 19.7 Å². The summed E-state index contributed by atoms with van der Waals surface area (Å²) in [4.78, 5) is 32.4. The predicted molar refractivity (Wildman–Crippen MR) is 78.2 cm³/mol. The van der Waals surface area contributed by atoms with E-state index in [0.29, 0.717) is 3.57 Å². The largest absolute Gasteiger partial charge is 0.370 e. The number of halogens is 1. The van der Waals surface area contributed by atoms with Crippen LogP contribution in [-0.4, -0.2) is 36.5 Å². The second-order valence-electron chi connectivity index (χ2n) is 3.70. The number of carbonyl (C=O) groups is 2. The number of nitrogens with two attached hydrogens (primary N) is 1. The highest BCUT2D eigenvalue weighted by atomic mass is 127. The number of primary amides is 1. The lowest BCUT2D eigenvalue weighted by Gasteiger charge is -2.07. The molecule has 0 unspecified atom stereocenters. The monoisotopic (exact) mass is 393 g/mol. The lowest BCUT2D eigenvalue weighted by Crippen LogP contribution is -2.29. The maximum Gasteiger partial charge on any atom is 0.270 e. The fourth-order valence-electron chi connectivity index (χ4n) is 1.31. The fraction of sp³-hybridized carbons (Fsp3) is 0.273. The molecule has 0 saturated carbocycles. The molecule has 0 radical (unpaired) electrons. The molecule has 0 spiro atoms. The molecule has 2 amide bonds. The van der Waals surface area contributed by atoms with E-state index < -0.39 is 16.7 Å². The van der Waals surface area contributed by atoms with Gasteiger partial charge in [0.25, 0.3) is 11.6 Å². The van der Waals surface area contributed by atoms with Gasteiger partial charge in [0.05, 0.1) is 17.1 Å². The summed E-state index contributed by atoms with van der Waals surface area (Å²) < 4.78 is 5.47. The first kappa shape index (κ1) is 16.3. The Bertz CT molecular complexity index is 535. The van der Waals surface area contributed by atoms with Crippen LogP contribution in [0.15, 0.2) is 18.2 Å². The Hall–Kier alpha value is -1.75. The summed E-state index contributed by atoms with van der Waals surface area (Å²) in [5.74, 6) is -1.04. The van der Waals surface area contributed by atoms with Gasteiger partial charge in [-0.05, 0) is 28.7 Å². The van der Waals surface area contributed by atoms with Crippen LogP contribution in [0.4, 0.5) is 5.69 Å². The van der Waals surface area contributed by atoms with Crippen LogP contribution in [0.25, 0.3) is 0 Å². The van der Waals surface area contributed by atoms with Crippen LogP contribution in [0.1, 0.15) is 10.4 Å². The summed E-state index contributed by atoms with van der Waals surface area (Å²) >= 11 is 1.92. The highest BCUT2D eigenvalue weighted by molar-refractivity contribution is 14.1. The molecule has 0 fully saturated rings. The van der Waals surface area contributed by atoms with E-state index in [1.165, 1.54) is 18.2 Å². The predicted octanol–water partition coefficient (Wildman–Crippen LogP) is 0.431. The zero-order chi connectivity index (χ0) is 15.1. The molecule has 8 nitrogen and oxygen atoms in total. The van der Waals surface area contributed by atoms with Crippen LogP contribution < -0.4 is 11.1 Å². The third kappa shape index (κ3) is 5.09. The Kier molecular flexibility index (Phi) is 6.31. The van der Waals surface area contributed by atoms with Gasteiger partial charge in [0.15, 0.2) is 0 Å². The molecule has 0 aliphatic rings. The topological polar surface area (TPSA) is 125 Å².